The molecule has 2 rings (SSSR count). The van der Waals surface area contributed by atoms with Crippen LogP contribution in [-0.4, -0.2) is 25.2 Å². The maximum absolute atomic E-state index is 11.5. The second-order valence-corrected chi connectivity index (χ2v) is 5.14. The number of hydrogen-bond donors (Lipinski definition) is 2. The van der Waals surface area contributed by atoms with Crippen molar-refractivity contribution in [3.63, 3.8) is 0 Å². The van der Waals surface area contributed by atoms with Gasteiger partial charge in [-0.05, 0) is 24.0 Å². The molecule has 0 saturated heterocycles. The third-order valence-corrected chi connectivity index (χ3v) is 3.30. The quantitative estimate of drug-likeness (QED) is 0.799. The van der Waals surface area contributed by atoms with Crippen LogP contribution in [0.3, 0.4) is 0 Å². The van der Waals surface area contributed by atoms with E-state index in [1.165, 1.54) is 0 Å². The van der Waals surface area contributed by atoms with Crippen LogP contribution in [0.2, 0.25) is 0 Å². The molecule has 0 saturated carbocycles. The molecule has 0 heterocycles. The van der Waals surface area contributed by atoms with Gasteiger partial charge < -0.3 is 10.6 Å². The molecule has 4 amide bonds. The zero-order valence-electron chi connectivity index (χ0n) is 13.3. The Kier molecular flexibility index (Phi) is 7.14. The maximum atomic E-state index is 11.5. The highest BCUT2D eigenvalue weighted by Crippen LogP contribution is 1.99. The Morgan fingerprint density at radius 1 is 0.667 bits per heavy atom. The van der Waals surface area contributed by atoms with Gasteiger partial charge in [-0.2, -0.15) is 0 Å². The molecule has 2 N–H and O–H groups in total. The summed E-state index contributed by atoms with van der Waals surface area (Å²) in [5.41, 5.74) is 2.24. The molecule has 124 valence electrons. The van der Waals surface area contributed by atoms with Gasteiger partial charge in [0.05, 0.1) is 0 Å². The van der Waals surface area contributed by atoms with Crippen molar-refractivity contribution in [1.29, 1.82) is 0 Å². The van der Waals surface area contributed by atoms with Crippen LogP contribution in [0.15, 0.2) is 70.9 Å². The van der Waals surface area contributed by atoms with Crippen LogP contribution in [0.25, 0.3) is 0 Å². The second kappa shape index (κ2) is 9.89. The Morgan fingerprint density at radius 3 is 1.42 bits per heavy atom. The van der Waals surface area contributed by atoms with E-state index in [0.717, 1.165) is 11.1 Å². The number of nitrogens with one attached hydrogen (secondary N) is 2. The van der Waals surface area contributed by atoms with Crippen molar-refractivity contribution in [3.05, 3.63) is 71.8 Å². The van der Waals surface area contributed by atoms with Crippen LogP contribution in [0.5, 0.6) is 0 Å². The zero-order valence-corrected chi connectivity index (χ0v) is 13.3. The SMILES string of the molecule is O=C(/N=N/C(=O)NCCc1ccccc1)NCCc1ccccc1. The van der Waals surface area contributed by atoms with Crippen molar-refractivity contribution in [3.8, 4) is 0 Å². The van der Waals surface area contributed by atoms with Gasteiger partial charge in [-0.1, -0.05) is 70.9 Å². The largest absolute Gasteiger partial charge is 0.359 e. The molecule has 0 spiro atoms. The topological polar surface area (TPSA) is 82.9 Å². The highest BCUT2D eigenvalue weighted by atomic mass is 16.2. The molecule has 0 atom stereocenters. The van der Waals surface area contributed by atoms with Gasteiger partial charge in [-0.15, -0.1) is 0 Å². The first-order valence-electron chi connectivity index (χ1n) is 7.79. The molecule has 6 nitrogen and oxygen atoms in total. The lowest BCUT2D eigenvalue weighted by atomic mass is 10.1. The molecular formula is C18H20N4O2. The van der Waals surface area contributed by atoms with E-state index in [1.54, 1.807) is 0 Å². The number of carbonyl (C=O) groups is 2. The predicted octanol–water partition coefficient (Wildman–Crippen LogP) is 3.34. The zero-order chi connectivity index (χ0) is 17.0. The summed E-state index contributed by atoms with van der Waals surface area (Å²) in [7, 11) is 0. The number of rotatable bonds is 6. The van der Waals surface area contributed by atoms with Crippen molar-refractivity contribution >= 4 is 12.1 Å². The Bertz CT molecular complexity index is 612. The fourth-order valence-corrected chi connectivity index (χ4v) is 2.08. The Balaban J connectivity index is 1.61. The Labute approximate surface area is 141 Å². The number of benzene rings is 2. The number of urea groups is 2. The van der Waals surface area contributed by atoms with Crippen molar-refractivity contribution in [1.82, 2.24) is 10.6 Å². The average molecular weight is 324 g/mol. The molecule has 0 bridgehead atoms. The summed E-state index contributed by atoms with van der Waals surface area (Å²) < 4.78 is 0. The van der Waals surface area contributed by atoms with Crippen LogP contribution >= 0.6 is 0 Å². The monoisotopic (exact) mass is 324 g/mol. The number of nitrogens with zero attached hydrogens (tertiary/aromatic N) is 2. The number of azo groups is 1. The third kappa shape index (κ3) is 6.83. The van der Waals surface area contributed by atoms with Crippen molar-refractivity contribution < 1.29 is 9.59 Å². The predicted molar refractivity (Wildman–Crippen MR) is 91.9 cm³/mol. The van der Waals surface area contributed by atoms with E-state index in [4.69, 9.17) is 0 Å². The highest BCUT2D eigenvalue weighted by molar-refractivity contribution is 5.79. The van der Waals surface area contributed by atoms with E-state index in [9.17, 15) is 9.59 Å². The summed E-state index contributed by atoms with van der Waals surface area (Å²) in [6.45, 7) is 0.884. The van der Waals surface area contributed by atoms with E-state index >= 15 is 0 Å². The van der Waals surface area contributed by atoms with Gasteiger partial charge in [-0.25, -0.2) is 9.59 Å². The molecule has 0 unspecified atom stereocenters. The Morgan fingerprint density at radius 2 is 1.04 bits per heavy atom. The normalized spacial score (nSPS) is 10.5. The van der Waals surface area contributed by atoms with Crippen molar-refractivity contribution in [2.75, 3.05) is 13.1 Å². The molecule has 0 aliphatic carbocycles. The molecule has 0 aliphatic heterocycles. The average Bonchev–Trinajstić information content (AvgIpc) is 2.62. The third-order valence-electron chi connectivity index (χ3n) is 3.30. The minimum Gasteiger partial charge on any atom is -0.335 e. The lowest BCUT2D eigenvalue weighted by Crippen LogP contribution is -2.24. The molecule has 0 aromatic heterocycles. The minimum absolute atomic E-state index is 0.442. The fraction of sp³-hybridized carbons (Fsp3) is 0.222. The number of amides is 4. The summed E-state index contributed by atoms with van der Waals surface area (Å²) in [5.74, 6) is 0. The smallest absolute Gasteiger partial charge is 0.335 e. The first-order valence-corrected chi connectivity index (χ1v) is 7.79. The minimum atomic E-state index is -0.621. The molecule has 2 aromatic rings. The molecule has 2 aromatic carbocycles. The van der Waals surface area contributed by atoms with Crippen molar-refractivity contribution in [2.45, 2.75) is 12.8 Å². The molecule has 0 aliphatic rings. The lowest BCUT2D eigenvalue weighted by molar-refractivity contribution is 0.241. The second-order valence-electron chi connectivity index (χ2n) is 5.14. The molecule has 6 heteroatoms. The summed E-state index contributed by atoms with van der Waals surface area (Å²) >= 11 is 0. The Hall–Kier alpha value is -3.02. The van der Waals surface area contributed by atoms with E-state index in [1.807, 2.05) is 60.7 Å². The van der Waals surface area contributed by atoms with Crippen molar-refractivity contribution in [2.24, 2.45) is 10.2 Å². The van der Waals surface area contributed by atoms with Crippen LogP contribution in [-0.2, 0) is 12.8 Å². The highest BCUT2D eigenvalue weighted by Gasteiger charge is 2.01. The molecule has 0 fully saturated rings. The van der Waals surface area contributed by atoms with E-state index in [0.29, 0.717) is 25.9 Å². The van der Waals surface area contributed by atoms with Gasteiger partial charge in [0, 0.05) is 13.1 Å². The number of carbonyl (C=O) groups excluding carboxylic acids is 2. The summed E-state index contributed by atoms with van der Waals surface area (Å²) in [6.07, 6.45) is 1.40. The molecular weight excluding hydrogens is 304 g/mol. The van der Waals surface area contributed by atoms with Gasteiger partial charge in [0.25, 0.3) is 0 Å². The molecule has 24 heavy (non-hydrogen) atoms. The van der Waals surface area contributed by atoms with E-state index < -0.39 is 12.1 Å². The van der Waals surface area contributed by atoms with E-state index in [2.05, 4.69) is 20.9 Å². The van der Waals surface area contributed by atoms with Crippen LogP contribution in [0.4, 0.5) is 9.59 Å². The number of hydrogen-bond acceptors (Lipinski definition) is 2. The summed E-state index contributed by atoms with van der Waals surface area (Å²) in [4.78, 5) is 23.0. The standard InChI is InChI=1S/C18H20N4O2/c23-17(19-13-11-15-7-3-1-4-8-15)21-22-18(24)20-14-12-16-9-5-2-6-10-16/h1-10H,11-14H2,(H,19,23)(H,20,24)/b22-21+. The maximum Gasteiger partial charge on any atom is 0.359 e. The van der Waals surface area contributed by atoms with Crippen LogP contribution in [0, 0.1) is 0 Å². The van der Waals surface area contributed by atoms with Crippen LogP contribution in [0.1, 0.15) is 11.1 Å². The fourth-order valence-electron chi connectivity index (χ4n) is 2.08. The van der Waals surface area contributed by atoms with E-state index in [-0.39, 0.29) is 0 Å². The van der Waals surface area contributed by atoms with Gasteiger partial charge >= 0.3 is 12.1 Å². The van der Waals surface area contributed by atoms with Gasteiger partial charge in [0.2, 0.25) is 0 Å². The summed E-state index contributed by atoms with van der Waals surface area (Å²) in [6, 6.07) is 18.3. The van der Waals surface area contributed by atoms with Gasteiger partial charge in [0.15, 0.2) is 0 Å². The lowest BCUT2D eigenvalue weighted by Gasteiger charge is -2.02. The van der Waals surface area contributed by atoms with Crippen LogP contribution < -0.4 is 10.6 Å². The summed E-state index contributed by atoms with van der Waals surface area (Å²) in [5, 5.41) is 11.9. The first-order chi connectivity index (χ1) is 11.7. The van der Waals surface area contributed by atoms with Gasteiger partial charge in [-0.3, -0.25) is 0 Å². The molecule has 0 radical (unpaired) electrons. The first kappa shape index (κ1) is 17.3. The van der Waals surface area contributed by atoms with Gasteiger partial charge in [0.1, 0.15) is 0 Å².